The van der Waals surface area contributed by atoms with E-state index in [0.29, 0.717) is 5.57 Å². The molecule has 38 heavy (non-hydrogen) atoms. The van der Waals surface area contributed by atoms with E-state index >= 15 is 0 Å². The van der Waals surface area contributed by atoms with Crippen LogP contribution >= 0.6 is 0 Å². The fourth-order valence-electron chi connectivity index (χ4n) is 6.22. The molecule has 3 radical (unpaired) electrons. The van der Waals surface area contributed by atoms with Crippen LogP contribution in [0.4, 0.5) is 0 Å². The van der Waals surface area contributed by atoms with E-state index in [4.69, 9.17) is 21.4 Å². The third-order valence-electron chi connectivity index (χ3n) is 8.96. The number of hydrogen-bond acceptors (Lipinski definition) is 9. The Labute approximate surface area is 259 Å². The van der Waals surface area contributed by atoms with Crippen molar-refractivity contribution in [3.05, 3.63) is 54.0 Å². The molecule has 207 valence electrons. The minimum Gasteiger partial charge on any atom is -0.392 e. The monoisotopic (exact) mass is 745 g/mol. The zero-order valence-electron chi connectivity index (χ0n) is 22.3. The maximum Gasteiger partial charge on any atom is 0.174 e. The minimum atomic E-state index is -1.93. The quantitative estimate of drug-likeness (QED) is 0.151. The number of rotatable bonds is 8. The average Bonchev–Trinajstić information content (AvgIpc) is 2.84. The van der Waals surface area contributed by atoms with Gasteiger partial charge < -0.3 is 30.3 Å². The van der Waals surface area contributed by atoms with Crippen LogP contribution in [0.25, 0.3) is 0 Å². The molecule has 5 N–H and O–H groups in total. The number of aliphatic hydroxyl groups is 5. The molecule has 1 saturated heterocycles. The SMILES string of the molecule is [Ac].[CH]C(OOCc1ccccc1)C1(O)CC(O)C(C)=C(C(O)C(=O)C2(C)CC3(O)COC3CC2O)C1(C)C. The summed E-state index contributed by atoms with van der Waals surface area (Å²) in [6.45, 7) is 12.7. The van der Waals surface area contributed by atoms with Crippen LogP contribution in [0.3, 0.4) is 0 Å². The molecule has 2 fully saturated rings. The van der Waals surface area contributed by atoms with Gasteiger partial charge in [0.15, 0.2) is 5.78 Å². The molecule has 8 atom stereocenters. The first-order valence-corrected chi connectivity index (χ1v) is 12.6. The van der Waals surface area contributed by atoms with Gasteiger partial charge in [-0.2, -0.15) is 0 Å². The van der Waals surface area contributed by atoms with Gasteiger partial charge in [0.05, 0.1) is 30.3 Å². The Morgan fingerprint density at radius 3 is 2.39 bits per heavy atom. The summed E-state index contributed by atoms with van der Waals surface area (Å²) in [5.74, 6) is -0.715. The molecule has 0 bridgehead atoms. The smallest absolute Gasteiger partial charge is 0.174 e. The predicted octanol–water partition coefficient (Wildman–Crippen LogP) is 1.27. The first-order chi connectivity index (χ1) is 17.2. The van der Waals surface area contributed by atoms with Crippen LogP contribution in [-0.2, 0) is 25.9 Å². The van der Waals surface area contributed by atoms with Gasteiger partial charge >= 0.3 is 0 Å². The van der Waals surface area contributed by atoms with Crippen LogP contribution in [-0.4, -0.2) is 79.6 Å². The van der Waals surface area contributed by atoms with Gasteiger partial charge in [-0.1, -0.05) is 44.2 Å². The van der Waals surface area contributed by atoms with Crippen LogP contribution in [0.2, 0.25) is 0 Å². The molecule has 1 aromatic rings. The van der Waals surface area contributed by atoms with Crippen LogP contribution in [0.5, 0.6) is 0 Å². The standard InChI is InChI=1S/C28H38O9.Ac/c1-16-19(29)12-28(34,17(2)37-36-13-18-9-7-6-8-10-18)25(3,4)22(16)23(31)24(32)26(5)14-27(33)15-35-21(27)11-20(26)30;/h2,6-10,17,19-21,23,29-31,33-34H,11-15H2,1,3-5H3;. The molecule has 1 aliphatic heterocycles. The van der Waals surface area contributed by atoms with E-state index in [1.807, 2.05) is 30.3 Å². The molecule has 8 unspecified atom stereocenters. The summed E-state index contributed by atoms with van der Waals surface area (Å²) in [5.41, 5.74) is -4.79. The molecule has 1 heterocycles. The summed E-state index contributed by atoms with van der Waals surface area (Å²) in [7, 11) is 0. The summed E-state index contributed by atoms with van der Waals surface area (Å²) >= 11 is 0. The fraction of sp³-hybridized carbons (Fsp3) is 0.643. The third kappa shape index (κ3) is 5.36. The third-order valence-corrected chi connectivity index (χ3v) is 8.96. The number of ketones is 1. The van der Waals surface area contributed by atoms with Crippen LogP contribution < -0.4 is 0 Å². The van der Waals surface area contributed by atoms with E-state index in [2.05, 4.69) is 0 Å². The number of fused-ring (bicyclic) bond motifs is 1. The van der Waals surface area contributed by atoms with E-state index in [0.717, 1.165) is 5.56 Å². The Bertz CT molecular complexity index is 1050. The van der Waals surface area contributed by atoms with Gasteiger partial charge in [-0.3, -0.25) is 4.79 Å². The van der Waals surface area contributed by atoms with E-state index < -0.39 is 58.3 Å². The van der Waals surface area contributed by atoms with Crippen molar-refractivity contribution in [2.24, 2.45) is 10.8 Å². The summed E-state index contributed by atoms with van der Waals surface area (Å²) in [5, 5.41) is 55.7. The first-order valence-electron chi connectivity index (χ1n) is 12.6. The van der Waals surface area contributed by atoms with Crippen LogP contribution in [0.15, 0.2) is 41.5 Å². The molecule has 4 rings (SSSR count). The Kier molecular flexibility index (Phi) is 9.81. The second-order valence-electron chi connectivity index (χ2n) is 11.6. The molecule has 9 nitrogen and oxygen atoms in total. The summed E-state index contributed by atoms with van der Waals surface area (Å²) in [6.07, 6.45) is -6.42. The summed E-state index contributed by atoms with van der Waals surface area (Å²) in [4.78, 5) is 24.4. The number of aliphatic hydroxyl groups excluding tert-OH is 3. The molecule has 1 saturated carbocycles. The zero-order chi connectivity index (χ0) is 27.4. The average molecular weight is 746 g/mol. The van der Waals surface area contributed by atoms with Gasteiger partial charge in [0.1, 0.15) is 30.0 Å². The fourth-order valence-corrected chi connectivity index (χ4v) is 6.22. The Morgan fingerprint density at radius 2 is 1.82 bits per heavy atom. The molecule has 0 amide bonds. The van der Waals surface area contributed by atoms with Gasteiger partial charge in [0, 0.05) is 69.2 Å². The Morgan fingerprint density at radius 1 is 1.18 bits per heavy atom. The second kappa shape index (κ2) is 11.6. The van der Waals surface area contributed by atoms with E-state index in [1.165, 1.54) is 6.92 Å². The first kappa shape index (κ1) is 32.3. The molecule has 10 heteroatoms. The van der Waals surface area contributed by atoms with Crippen molar-refractivity contribution in [3.63, 3.8) is 0 Å². The van der Waals surface area contributed by atoms with Gasteiger partial charge in [-0.25, -0.2) is 9.78 Å². The number of Topliss-reactive ketones (excluding diaryl/α,β-unsaturated/α-hetero) is 1. The number of ether oxygens (including phenoxy) is 1. The molecular weight excluding hydrogens is 707 g/mol. The normalized spacial score (nSPS) is 37.9. The Balaban J connectivity index is 0.00000400. The van der Waals surface area contributed by atoms with Gasteiger partial charge in [-0.15, -0.1) is 0 Å². The zero-order valence-corrected chi connectivity index (χ0v) is 27.1. The van der Waals surface area contributed by atoms with Crippen molar-refractivity contribution in [2.75, 3.05) is 6.61 Å². The maximum atomic E-state index is 13.8. The van der Waals surface area contributed by atoms with Gasteiger partial charge in [0.2, 0.25) is 0 Å². The number of carbonyl (C=O) groups excluding carboxylic acids is 1. The van der Waals surface area contributed by atoms with Gasteiger partial charge in [-0.05, 0) is 37.0 Å². The van der Waals surface area contributed by atoms with E-state index in [-0.39, 0.29) is 82.1 Å². The van der Waals surface area contributed by atoms with Crippen LogP contribution in [0, 0.1) is 61.8 Å². The predicted molar refractivity (Wildman–Crippen MR) is 132 cm³/mol. The molecule has 1 aromatic carbocycles. The van der Waals surface area contributed by atoms with Crippen molar-refractivity contribution in [1.82, 2.24) is 0 Å². The maximum absolute atomic E-state index is 13.8. The van der Waals surface area contributed by atoms with Crippen LogP contribution in [0.1, 0.15) is 52.5 Å². The second-order valence-corrected chi connectivity index (χ2v) is 11.6. The molecule has 0 spiro atoms. The van der Waals surface area contributed by atoms with Crippen molar-refractivity contribution < 1.29 is 88.9 Å². The van der Waals surface area contributed by atoms with Crippen molar-refractivity contribution in [1.29, 1.82) is 0 Å². The largest absolute Gasteiger partial charge is 0.392 e. The molecule has 2 aliphatic carbocycles. The molecule has 0 aromatic heterocycles. The number of hydrogen-bond donors (Lipinski definition) is 5. The van der Waals surface area contributed by atoms with Crippen molar-refractivity contribution >= 4 is 5.78 Å². The summed E-state index contributed by atoms with van der Waals surface area (Å²) < 4.78 is 5.34. The number of carbonyl (C=O) groups is 1. The van der Waals surface area contributed by atoms with E-state index in [1.54, 1.807) is 20.8 Å². The number of benzene rings is 1. The topological polar surface area (TPSA) is 146 Å². The van der Waals surface area contributed by atoms with Crippen molar-refractivity contribution in [3.8, 4) is 0 Å². The van der Waals surface area contributed by atoms with Gasteiger partial charge in [0.25, 0.3) is 0 Å². The summed E-state index contributed by atoms with van der Waals surface area (Å²) in [6, 6.07) is 9.20. The minimum absolute atomic E-state index is 0. The van der Waals surface area contributed by atoms with E-state index in [9.17, 15) is 30.3 Å². The van der Waals surface area contributed by atoms with Crippen molar-refractivity contribution in [2.45, 2.75) is 95.3 Å². The molecular formula is C28H38AcO9. The molecule has 3 aliphatic rings. The Hall–Kier alpha value is -0.248.